The minimum Gasteiger partial charge on any atom is -0.508 e. The van der Waals surface area contributed by atoms with Gasteiger partial charge in [0, 0.05) is 29.5 Å². The Morgan fingerprint density at radius 1 is 1.23 bits per heavy atom. The number of guanidine groups is 1. The summed E-state index contributed by atoms with van der Waals surface area (Å²) in [6, 6.07) is 0.433. The second-order valence-corrected chi connectivity index (χ2v) is 13.0. The summed E-state index contributed by atoms with van der Waals surface area (Å²) in [5.74, 6) is -0.612. The molecule has 10 nitrogen and oxygen atoms in total. The average molecular weight is 543 g/mol. The monoisotopic (exact) mass is 542 g/mol. The van der Waals surface area contributed by atoms with Crippen LogP contribution in [0.3, 0.4) is 0 Å². The van der Waals surface area contributed by atoms with Gasteiger partial charge in [-0.3, -0.25) is 9.79 Å². The number of aliphatic carboxylic acids is 1. The van der Waals surface area contributed by atoms with Gasteiger partial charge in [0.05, 0.1) is 18.2 Å². The highest BCUT2D eigenvalue weighted by Gasteiger charge is 2.67. The third-order valence-corrected chi connectivity index (χ3v) is 10.7. The van der Waals surface area contributed by atoms with Crippen LogP contribution in [-0.2, 0) is 17.8 Å². The van der Waals surface area contributed by atoms with E-state index in [0.717, 1.165) is 19.3 Å². The number of phenols is 1. The van der Waals surface area contributed by atoms with E-state index in [-0.39, 0.29) is 60.0 Å². The Morgan fingerprint density at radius 3 is 2.62 bits per heavy atom. The summed E-state index contributed by atoms with van der Waals surface area (Å²) in [6.07, 6.45) is 4.17. The van der Waals surface area contributed by atoms with E-state index in [1.807, 2.05) is 0 Å². The number of carbonyl (C=O) groups is 2. The fourth-order valence-electron chi connectivity index (χ4n) is 8.45. The van der Waals surface area contributed by atoms with Crippen LogP contribution in [0.4, 0.5) is 0 Å². The molecule has 2 aliphatic carbocycles. The van der Waals surface area contributed by atoms with Gasteiger partial charge < -0.3 is 36.4 Å². The number of nitrogens with zero attached hydrogens (tertiary/aromatic N) is 2. The van der Waals surface area contributed by atoms with Gasteiger partial charge in [0.15, 0.2) is 5.96 Å². The van der Waals surface area contributed by atoms with Crippen LogP contribution in [0.5, 0.6) is 11.5 Å². The number of aromatic hydroxyl groups is 1. The Balaban J connectivity index is 1.49. The predicted molar refractivity (Wildman–Crippen MR) is 145 cm³/mol. The highest BCUT2D eigenvalue weighted by Crippen LogP contribution is 2.67. The molecule has 6 atom stereocenters. The van der Waals surface area contributed by atoms with E-state index >= 15 is 0 Å². The normalized spacial score (nSPS) is 33.2. The van der Waals surface area contributed by atoms with Gasteiger partial charge in [0.25, 0.3) is 5.91 Å². The van der Waals surface area contributed by atoms with Gasteiger partial charge in [-0.1, -0.05) is 27.7 Å². The molecule has 1 amide bonds. The molecule has 0 bridgehead atoms. The van der Waals surface area contributed by atoms with Crippen molar-refractivity contribution in [1.29, 1.82) is 0 Å². The van der Waals surface area contributed by atoms with Gasteiger partial charge >= 0.3 is 5.97 Å². The number of benzene rings is 1. The van der Waals surface area contributed by atoms with Crippen molar-refractivity contribution in [3.8, 4) is 11.5 Å². The van der Waals surface area contributed by atoms with Crippen LogP contribution in [-0.4, -0.2) is 62.3 Å². The van der Waals surface area contributed by atoms with Crippen molar-refractivity contribution in [2.45, 2.75) is 96.9 Å². The van der Waals surface area contributed by atoms with Gasteiger partial charge in [0.1, 0.15) is 23.1 Å². The number of fused-ring (bicyclic) bond motifs is 5. The highest BCUT2D eigenvalue weighted by molar-refractivity contribution is 6.02. The van der Waals surface area contributed by atoms with E-state index in [0.29, 0.717) is 41.7 Å². The van der Waals surface area contributed by atoms with Crippen molar-refractivity contribution in [3.63, 3.8) is 0 Å². The lowest BCUT2D eigenvalue weighted by Gasteiger charge is -2.64. The molecule has 0 aromatic heterocycles. The summed E-state index contributed by atoms with van der Waals surface area (Å²) in [7, 11) is 0. The molecule has 0 unspecified atom stereocenters. The molecule has 5 rings (SSSR count). The predicted octanol–water partition coefficient (Wildman–Crippen LogP) is 2.76. The number of carboxylic acid groups (broad SMARTS) is 1. The Kier molecular flexibility index (Phi) is 6.56. The smallest absolute Gasteiger partial charge is 0.326 e. The van der Waals surface area contributed by atoms with Gasteiger partial charge in [-0.15, -0.1) is 0 Å². The molecule has 1 aromatic carbocycles. The van der Waals surface area contributed by atoms with Crippen LogP contribution in [0.2, 0.25) is 0 Å². The topological polar surface area (TPSA) is 172 Å². The zero-order chi connectivity index (χ0) is 28.5. The number of aliphatic imine (C=N–C) groups is 1. The molecule has 10 heteroatoms. The number of rotatable bonds is 6. The third kappa shape index (κ3) is 3.97. The summed E-state index contributed by atoms with van der Waals surface area (Å²) in [6.45, 7) is 9.15. The molecule has 214 valence electrons. The number of carbonyl (C=O) groups excluding carboxylic acids is 1. The minimum atomic E-state index is -1.10. The van der Waals surface area contributed by atoms with Gasteiger partial charge in [-0.05, 0) is 61.8 Å². The molecule has 2 heterocycles. The SMILES string of the molecule is C[C@@H]1CC[C@@H]2C(C)(C)[C@H](O)CC[C@]2(C)[C@@]12Cc1c(O)cc3c(c1O2)CN([C@@H](CCCN=C(N)N)C(=O)O)C3=O. The molecule has 1 spiro atoms. The maximum atomic E-state index is 13.5. The van der Waals surface area contributed by atoms with Gasteiger partial charge in [0.2, 0.25) is 0 Å². The lowest BCUT2D eigenvalue weighted by Crippen LogP contribution is -2.66. The van der Waals surface area contributed by atoms with E-state index in [1.54, 1.807) is 0 Å². The number of aliphatic hydroxyl groups excluding tert-OH is 1. The van der Waals surface area contributed by atoms with Crippen molar-refractivity contribution < 1.29 is 29.6 Å². The van der Waals surface area contributed by atoms with Crippen LogP contribution in [0.15, 0.2) is 11.1 Å². The van der Waals surface area contributed by atoms with E-state index in [9.17, 15) is 24.9 Å². The van der Waals surface area contributed by atoms with Crippen LogP contribution >= 0.6 is 0 Å². The van der Waals surface area contributed by atoms with Gasteiger partial charge in [-0.2, -0.15) is 0 Å². The first-order chi connectivity index (χ1) is 18.2. The molecular weight excluding hydrogens is 500 g/mol. The van der Waals surface area contributed by atoms with E-state index in [2.05, 4.69) is 32.7 Å². The summed E-state index contributed by atoms with van der Waals surface area (Å²) in [5.41, 5.74) is 11.3. The van der Waals surface area contributed by atoms with E-state index in [1.165, 1.54) is 11.0 Å². The van der Waals surface area contributed by atoms with Crippen molar-refractivity contribution in [2.24, 2.45) is 39.1 Å². The van der Waals surface area contributed by atoms with Crippen molar-refractivity contribution in [1.82, 2.24) is 4.90 Å². The second kappa shape index (κ2) is 9.28. The Labute approximate surface area is 229 Å². The molecule has 0 radical (unpaired) electrons. The molecule has 39 heavy (non-hydrogen) atoms. The van der Waals surface area contributed by atoms with Crippen molar-refractivity contribution in [2.75, 3.05) is 6.54 Å². The Bertz CT molecular complexity index is 1230. The quantitative estimate of drug-likeness (QED) is 0.207. The maximum Gasteiger partial charge on any atom is 0.326 e. The largest absolute Gasteiger partial charge is 0.508 e. The number of aliphatic hydroxyl groups is 1. The molecule has 2 saturated carbocycles. The summed E-state index contributed by atoms with van der Waals surface area (Å²) in [5, 5.41) is 32.0. The number of ether oxygens (including phenoxy) is 1. The lowest BCUT2D eigenvalue weighted by atomic mass is 9.43. The Morgan fingerprint density at radius 2 is 1.95 bits per heavy atom. The molecule has 2 fully saturated rings. The first-order valence-corrected chi connectivity index (χ1v) is 14.1. The second-order valence-electron chi connectivity index (χ2n) is 13.0. The van der Waals surface area contributed by atoms with Crippen LogP contribution in [0.1, 0.15) is 87.7 Å². The number of hydrogen-bond acceptors (Lipinski definition) is 6. The molecule has 0 saturated heterocycles. The summed E-state index contributed by atoms with van der Waals surface area (Å²) in [4.78, 5) is 31.0. The highest BCUT2D eigenvalue weighted by atomic mass is 16.5. The van der Waals surface area contributed by atoms with Crippen LogP contribution in [0.25, 0.3) is 0 Å². The number of nitrogens with two attached hydrogens (primary N) is 2. The summed E-state index contributed by atoms with van der Waals surface area (Å²) < 4.78 is 7.02. The van der Waals surface area contributed by atoms with Gasteiger partial charge in [-0.25, -0.2) is 4.79 Å². The van der Waals surface area contributed by atoms with Crippen LogP contribution < -0.4 is 16.2 Å². The standard InChI is InChI=1S/C29H42N4O6/c1-15-7-8-21-27(2,3)22(35)9-10-28(21,4)29(15)13-17-20(34)12-16-18(23(17)39-29)14-33(24(16)36)19(25(37)38)6-5-11-32-26(30)31/h12,15,19,21-22,34-35H,5-11,13-14H2,1-4H3,(H,37,38)(H4,30,31,32)/t15-,19+,21-,22-,28+,29-/m1/s1. The number of hydrogen-bond donors (Lipinski definition) is 5. The average Bonchev–Trinajstić information content (AvgIpc) is 3.41. The van der Waals surface area contributed by atoms with Crippen molar-refractivity contribution in [3.05, 3.63) is 22.8 Å². The molecule has 4 aliphatic rings. The summed E-state index contributed by atoms with van der Waals surface area (Å²) >= 11 is 0. The Hall–Kier alpha value is -3.01. The van der Waals surface area contributed by atoms with Crippen LogP contribution in [0, 0.1) is 22.7 Å². The zero-order valence-corrected chi connectivity index (χ0v) is 23.4. The fraction of sp³-hybridized carbons (Fsp3) is 0.690. The first-order valence-electron chi connectivity index (χ1n) is 14.1. The van der Waals surface area contributed by atoms with E-state index < -0.39 is 23.5 Å². The fourth-order valence-corrected chi connectivity index (χ4v) is 8.45. The number of carboxylic acids is 1. The number of phenolic OH excluding ortho intramolecular Hbond substituents is 1. The first kappa shape index (κ1) is 27.6. The molecule has 1 aromatic rings. The maximum absolute atomic E-state index is 13.5. The molecule has 2 aliphatic heterocycles. The zero-order valence-electron chi connectivity index (χ0n) is 23.4. The van der Waals surface area contributed by atoms with Crippen molar-refractivity contribution >= 4 is 17.8 Å². The molecular formula is C29H42N4O6. The molecule has 7 N–H and O–H groups in total. The third-order valence-electron chi connectivity index (χ3n) is 10.7. The lowest BCUT2D eigenvalue weighted by molar-refractivity contribution is -0.210. The van der Waals surface area contributed by atoms with E-state index in [4.69, 9.17) is 16.2 Å². The minimum absolute atomic E-state index is 0.0171. The number of amides is 1.